The Hall–Kier alpha value is -2.48. The van der Waals surface area contributed by atoms with E-state index in [1.807, 2.05) is 6.07 Å². The zero-order valence-corrected chi connectivity index (χ0v) is 13.3. The van der Waals surface area contributed by atoms with Crippen molar-refractivity contribution in [2.45, 2.75) is 6.17 Å². The van der Waals surface area contributed by atoms with Crippen molar-refractivity contribution in [1.29, 1.82) is 5.26 Å². The van der Waals surface area contributed by atoms with Crippen molar-refractivity contribution in [1.82, 2.24) is 5.32 Å². The number of nitrogens with zero attached hydrogens (tertiary/aromatic N) is 1. The Morgan fingerprint density at radius 1 is 1.17 bits per heavy atom. The number of fused-ring (bicyclic) bond motifs is 1. The fourth-order valence-corrected chi connectivity index (χ4v) is 2.79. The Kier molecular flexibility index (Phi) is 4.24. The van der Waals surface area contributed by atoms with Gasteiger partial charge >= 0.3 is 0 Å². The number of para-hydroxylation sites is 1. The van der Waals surface area contributed by atoms with Gasteiger partial charge < -0.3 is 10.6 Å². The minimum absolute atomic E-state index is 0.229. The van der Waals surface area contributed by atoms with Gasteiger partial charge in [-0.05, 0) is 35.9 Å². The fourth-order valence-electron chi connectivity index (χ4n) is 2.33. The molecule has 1 amide bonds. The number of halogens is 2. The van der Waals surface area contributed by atoms with Crippen LogP contribution in [0.5, 0.6) is 0 Å². The molecule has 1 atom stereocenters. The van der Waals surface area contributed by atoms with Crippen LogP contribution in [0.15, 0.2) is 48.0 Å². The molecule has 1 aliphatic rings. The van der Waals surface area contributed by atoms with Crippen LogP contribution in [0.25, 0.3) is 6.08 Å². The van der Waals surface area contributed by atoms with Crippen molar-refractivity contribution in [3.8, 4) is 6.07 Å². The molecule has 1 aliphatic heterocycles. The number of amides is 1. The molecule has 3 rings (SSSR count). The number of hydrogen-bond acceptors (Lipinski definition) is 3. The highest BCUT2D eigenvalue weighted by Crippen LogP contribution is 2.26. The molecule has 0 saturated heterocycles. The summed E-state index contributed by atoms with van der Waals surface area (Å²) < 4.78 is 0. The van der Waals surface area contributed by atoms with E-state index in [-0.39, 0.29) is 5.91 Å². The van der Waals surface area contributed by atoms with E-state index < -0.39 is 6.17 Å². The van der Waals surface area contributed by atoms with E-state index in [0.717, 1.165) is 0 Å². The number of anilines is 1. The molecule has 23 heavy (non-hydrogen) atoms. The second-order valence-electron chi connectivity index (χ2n) is 4.97. The second-order valence-corrected chi connectivity index (χ2v) is 5.82. The predicted molar refractivity (Wildman–Crippen MR) is 91.4 cm³/mol. The first-order chi connectivity index (χ1) is 11.1. The topological polar surface area (TPSA) is 64.9 Å². The van der Waals surface area contributed by atoms with Crippen molar-refractivity contribution < 1.29 is 4.79 Å². The number of carbonyl (C=O) groups excluding carboxylic acids is 1. The molecular formula is C17H11Cl2N3O. The van der Waals surface area contributed by atoms with Gasteiger partial charge in [-0.3, -0.25) is 4.79 Å². The smallest absolute Gasteiger partial charge is 0.255 e. The summed E-state index contributed by atoms with van der Waals surface area (Å²) in [6, 6.07) is 14.3. The molecule has 0 fully saturated rings. The van der Waals surface area contributed by atoms with Crippen molar-refractivity contribution in [3.63, 3.8) is 0 Å². The van der Waals surface area contributed by atoms with E-state index in [2.05, 4.69) is 16.7 Å². The second kappa shape index (κ2) is 6.33. The molecule has 2 aromatic rings. The summed E-state index contributed by atoms with van der Waals surface area (Å²) in [6.07, 6.45) is 1.01. The Morgan fingerprint density at radius 3 is 2.70 bits per heavy atom. The first kappa shape index (κ1) is 15.4. The highest BCUT2D eigenvalue weighted by Gasteiger charge is 2.25. The lowest BCUT2D eigenvalue weighted by Crippen LogP contribution is -2.45. The maximum Gasteiger partial charge on any atom is 0.255 e. The van der Waals surface area contributed by atoms with E-state index in [0.29, 0.717) is 32.4 Å². The van der Waals surface area contributed by atoms with Crippen LogP contribution in [0.4, 0.5) is 5.69 Å². The number of nitrogens with one attached hydrogen (secondary N) is 2. The lowest BCUT2D eigenvalue weighted by molar-refractivity contribution is 0.0942. The van der Waals surface area contributed by atoms with Crippen molar-refractivity contribution in [2.75, 3.05) is 5.32 Å². The molecule has 114 valence electrons. The third-order valence-electron chi connectivity index (χ3n) is 3.46. The summed E-state index contributed by atoms with van der Waals surface area (Å²) in [7, 11) is 0. The number of hydrogen-bond donors (Lipinski definition) is 2. The molecule has 6 heteroatoms. The Balaban J connectivity index is 1.95. The van der Waals surface area contributed by atoms with Gasteiger partial charge in [-0.25, -0.2) is 0 Å². The van der Waals surface area contributed by atoms with E-state index in [1.165, 1.54) is 0 Å². The van der Waals surface area contributed by atoms with Crippen LogP contribution in [0.3, 0.4) is 0 Å². The molecule has 4 nitrogen and oxygen atoms in total. The van der Waals surface area contributed by atoms with Crippen LogP contribution >= 0.6 is 23.2 Å². The van der Waals surface area contributed by atoms with E-state index in [1.54, 1.807) is 42.5 Å². The number of nitriles is 1. The molecule has 0 aromatic heterocycles. The first-order valence-electron chi connectivity index (χ1n) is 6.81. The fraction of sp³-hybridized carbons (Fsp3) is 0.0588. The van der Waals surface area contributed by atoms with Gasteiger partial charge in [0.05, 0.1) is 17.2 Å². The molecular weight excluding hydrogens is 333 g/mol. The van der Waals surface area contributed by atoms with E-state index in [4.69, 9.17) is 23.2 Å². The van der Waals surface area contributed by atoms with Gasteiger partial charge in [0.2, 0.25) is 0 Å². The van der Waals surface area contributed by atoms with Gasteiger partial charge in [0, 0.05) is 15.7 Å². The zero-order valence-electron chi connectivity index (χ0n) is 11.8. The summed E-state index contributed by atoms with van der Waals surface area (Å²) in [4.78, 5) is 12.1. The van der Waals surface area contributed by atoms with Crippen LogP contribution in [-0.2, 0) is 0 Å². The van der Waals surface area contributed by atoms with Gasteiger partial charge in [0.15, 0.2) is 0 Å². The molecule has 1 heterocycles. The summed E-state index contributed by atoms with van der Waals surface area (Å²) in [5, 5.41) is 16.3. The van der Waals surface area contributed by atoms with Crippen LogP contribution in [0.1, 0.15) is 15.9 Å². The molecule has 0 radical (unpaired) electrons. The van der Waals surface area contributed by atoms with E-state index in [9.17, 15) is 10.1 Å². The lowest BCUT2D eigenvalue weighted by atomic mass is 10.0. The molecule has 0 bridgehead atoms. The molecule has 2 aromatic carbocycles. The zero-order chi connectivity index (χ0) is 16.4. The monoisotopic (exact) mass is 343 g/mol. The molecule has 1 unspecified atom stereocenters. The SMILES string of the molecule is N#CC(=Cc1ccc(Cl)cc1Cl)C1NC(=O)c2ccccc2N1. The average molecular weight is 344 g/mol. The van der Waals surface area contributed by atoms with Gasteiger partial charge in [-0.2, -0.15) is 5.26 Å². The summed E-state index contributed by atoms with van der Waals surface area (Å²) in [5.74, 6) is -0.229. The van der Waals surface area contributed by atoms with Crippen molar-refractivity contribution in [2.24, 2.45) is 0 Å². The third-order valence-corrected chi connectivity index (χ3v) is 4.02. The van der Waals surface area contributed by atoms with Gasteiger partial charge in [-0.1, -0.05) is 41.4 Å². The molecule has 0 aliphatic carbocycles. The highest BCUT2D eigenvalue weighted by atomic mass is 35.5. The molecule has 0 spiro atoms. The number of rotatable bonds is 2. The van der Waals surface area contributed by atoms with Gasteiger partial charge in [0.1, 0.15) is 6.17 Å². The Bertz CT molecular complexity index is 855. The largest absolute Gasteiger partial charge is 0.360 e. The van der Waals surface area contributed by atoms with Gasteiger partial charge in [0.25, 0.3) is 5.91 Å². The van der Waals surface area contributed by atoms with Gasteiger partial charge in [-0.15, -0.1) is 0 Å². The van der Waals surface area contributed by atoms with Crippen molar-refractivity contribution >= 4 is 40.9 Å². The van der Waals surface area contributed by atoms with E-state index >= 15 is 0 Å². The van der Waals surface area contributed by atoms with Crippen LogP contribution < -0.4 is 10.6 Å². The van der Waals surface area contributed by atoms with Crippen LogP contribution in [-0.4, -0.2) is 12.1 Å². The number of carbonyl (C=O) groups is 1. The highest BCUT2D eigenvalue weighted by molar-refractivity contribution is 6.35. The van der Waals surface area contributed by atoms with Crippen LogP contribution in [0, 0.1) is 11.3 Å². The quantitative estimate of drug-likeness (QED) is 0.807. The summed E-state index contributed by atoms with van der Waals surface area (Å²) in [6.45, 7) is 0. The summed E-state index contributed by atoms with van der Waals surface area (Å²) >= 11 is 12.0. The number of benzene rings is 2. The minimum atomic E-state index is -0.617. The molecule has 0 saturated carbocycles. The first-order valence-corrected chi connectivity index (χ1v) is 7.57. The third kappa shape index (κ3) is 3.16. The summed E-state index contributed by atoms with van der Waals surface area (Å²) in [5.41, 5.74) is 2.23. The Morgan fingerprint density at radius 2 is 1.96 bits per heavy atom. The maximum absolute atomic E-state index is 12.1. The van der Waals surface area contributed by atoms with Crippen LogP contribution in [0.2, 0.25) is 10.0 Å². The average Bonchev–Trinajstić information content (AvgIpc) is 2.54. The Labute approximate surface area is 143 Å². The van der Waals surface area contributed by atoms with Crippen molar-refractivity contribution in [3.05, 3.63) is 69.2 Å². The standard InChI is InChI=1S/C17H11Cl2N3O/c18-12-6-5-10(14(19)8-12)7-11(9-20)16-21-15-4-2-1-3-13(15)17(23)22-16/h1-8,16,21H,(H,22,23). The molecule has 2 N–H and O–H groups in total. The lowest BCUT2D eigenvalue weighted by Gasteiger charge is -2.27. The normalized spacial score (nSPS) is 16.8. The predicted octanol–water partition coefficient (Wildman–Crippen LogP) is 4.08. The minimum Gasteiger partial charge on any atom is -0.360 e. The maximum atomic E-state index is 12.1.